The minimum absolute atomic E-state index is 0.285. The maximum absolute atomic E-state index is 9.65. The Balaban J connectivity index is 2.51. The van der Waals surface area contributed by atoms with Crippen LogP contribution in [0.4, 0.5) is 0 Å². The van der Waals surface area contributed by atoms with Gasteiger partial charge in [-0.15, -0.1) is 11.3 Å². The lowest BCUT2D eigenvalue weighted by Gasteiger charge is -2.04. The first-order valence-electron chi connectivity index (χ1n) is 4.22. The molecule has 0 aliphatic heterocycles. The van der Waals surface area contributed by atoms with Crippen LogP contribution in [0.5, 0.6) is 11.5 Å². The molecule has 0 bridgehead atoms. The van der Waals surface area contributed by atoms with Crippen LogP contribution in [0.15, 0.2) is 35.7 Å². The van der Waals surface area contributed by atoms with Gasteiger partial charge in [-0.05, 0) is 29.6 Å². The van der Waals surface area contributed by atoms with E-state index in [0.29, 0.717) is 0 Å². The molecule has 0 saturated carbocycles. The zero-order valence-corrected chi connectivity index (χ0v) is 8.54. The number of benzene rings is 1. The number of hydrogen-bond donors (Lipinski definition) is 1. The van der Waals surface area contributed by atoms with Crippen molar-refractivity contribution in [1.82, 2.24) is 0 Å². The third-order valence-corrected chi connectivity index (χ3v) is 2.89. The number of aromatic hydroxyl groups is 1. The summed E-state index contributed by atoms with van der Waals surface area (Å²) in [6.45, 7) is 0. The fourth-order valence-electron chi connectivity index (χ4n) is 1.27. The summed E-state index contributed by atoms with van der Waals surface area (Å²) < 4.78 is 5.10. The number of thiophene rings is 1. The Morgan fingerprint density at radius 3 is 2.79 bits per heavy atom. The lowest BCUT2D eigenvalue weighted by Crippen LogP contribution is -1.83. The Morgan fingerprint density at radius 1 is 1.29 bits per heavy atom. The van der Waals surface area contributed by atoms with Gasteiger partial charge < -0.3 is 9.84 Å². The second-order valence-electron chi connectivity index (χ2n) is 2.86. The van der Waals surface area contributed by atoms with Crippen LogP contribution >= 0.6 is 11.3 Å². The normalized spacial score (nSPS) is 10.1. The van der Waals surface area contributed by atoms with Crippen LogP contribution in [-0.4, -0.2) is 12.2 Å². The van der Waals surface area contributed by atoms with E-state index in [2.05, 4.69) is 0 Å². The first-order valence-corrected chi connectivity index (χ1v) is 5.10. The van der Waals surface area contributed by atoms with Gasteiger partial charge in [-0.1, -0.05) is 6.07 Å². The average Bonchev–Trinajstić information content (AvgIpc) is 2.71. The number of hydrogen-bond acceptors (Lipinski definition) is 3. The predicted octanol–water partition coefficient (Wildman–Crippen LogP) is 3.13. The van der Waals surface area contributed by atoms with Crippen molar-refractivity contribution in [3.05, 3.63) is 35.7 Å². The van der Waals surface area contributed by atoms with Crippen molar-refractivity contribution in [2.45, 2.75) is 0 Å². The van der Waals surface area contributed by atoms with E-state index < -0.39 is 0 Å². The number of rotatable bonds is 2. The van der Waals surface area contributed by atoms with Gasteiger partial charge >= 0.3 is 0 Å². The number of phenols is 1. The van der Waals surface area contributed by atoms with Crippen LogP contribution in [0.2, 0.25) is 0 Å². The second-order valence-corrected chi connectivity index (χ2v) is 3.81. The summed E-state index contributed by atoms with van der Waals surface area (Å²) in [5, 5.41) is 11.6. The minimum atomic E-state index is 0.285. The van der Waals surface area contributed by atoms with Crippen molar-refractivity contribution in [3.8, 4) is 21.9 Å². The van der Waals surface area contributed by atoms with Crippen LogP contribution < -0.4 is 4.74 Å². The van der Waals surface area contributed by atoms with Crippen molar-refractivity contribution < 1.29 is 9.84 Å². The van der Waals surface area contributed by atoms with Crippen molar-refractivity contribution in [2.75, 3.05) is 7.11 Å². The summed E-state index contributed by atoms with van der Waals surface area (Å²) in [5.74, 6) is 1.04. The highest BCUT2D eigenvalue weighted by Crippen LogP contribution is 2.34. The topological polar surface area (TPSA) is 29.5 Å². The summed E-state index contributed by atoms with van der Waals surface area (Å²) >= 11 is 1.59. The van der Waals surface area contributed by atoms with Gasteiger partial charge in [-0.3, -0.25) is 0 Å². The van der Waals surface area contributed by atoms with Gasteiger partial charge in [0.15, 0.2) is 0 Å². The molecule has 0 saturated heterocycles. The lowest BCUT2D eigenvalue weighted by atomic mass is 10.1. The van der Waals surface area contributed by atoms with Gasteiger partial charge in [-0.2, -0.15) is 0 Å². The van der Waals surface area contributed by atoms with Crippen LogP contribution in [0.1, 0.15) is 0 Å². The number of methoxy groups -OCH3 is 1. The van der Waals surface area contributed by atoms with E-state index in [1.54, 1.807) is 30.6 Å². The van der Waals surface area contributed by atoms with Crippen LogP contribution in [0.25, 0.3) is 10.4 Å². The average molecular weight is 206 g/mol. The quantitative estimate of drug-likeness (QED) is 0.818. The molecule has 0 unspecified atom stereocenters. The molecular formula is C11H10O2S. The third-order valence-electron chi connectivity index (χ3n) is 1.99. The standard InChI is InChI=1S/C11H10O2S/c1-13-8-4-5-10(12)9(7-8)11-3-2-6-14-11/h2-7,12H,1H3. The minimum Gasteiger partial charge on any atom is -0.507 e. The highest BCUT2D eigenvalue weighted by Gasteiger charge is 2.06. The van der Waals surface area contributed by atoms with E-state index in [4.69, 9.17) is 4.74 Å². The van der Waals surface area contributed by atoms with Gasteiger partial charge in [0.25, 0.3) is 0 Å². The van der Waals surface area contributed by atoms with Gasteiger partial charge in [0, 0.05) is 10.4 Å². The molecule has 1 N–H and O–H groups in total. The van der Waals surface area contributed by atoms with Crippen molar-refractivity contribution in [1.29, 1.82) is 0 Å². The summed E-state index contributed by atoms with van der Waals surface area (Å²) in [4.78, 5) is 1.04. The maximum atomic E-state index is 9.65. The molecule has 1 aromatic heterocycles. The maximum Gasteiger partial charge on any atom is 0.124 e. The SMILES string of the molecule is COc1ccc(O)c(-c2cccs2)c1. The monoisotopic (exact) mass is 206 g/mol. The van der Waals surface area contributed by atoms with E-state index in [9.17, 15) is 5.11 Å². The lowest BCUT2D eigenvalue weighted by molar-refractivity contribution is 0.412. The second kappa shape index (κ2) is 3.72. The smallest absolute Gasteiger partial charge is 0.124 e. The molecule has 3 heteroatoms. The Hall–Kier alpha value is -1.48. The highest BCUT2D eigenvalue weighted by molar-refractivity contribution is 7.13. The number of ether oxygens (including phenoxy) is 1. The first kappa shape index (κ1) is 9.09. The van der Waals surface area contributed by atoms with E-state index in [0.717, 1.165) is 16.2 Å². The predicted molar refractivity (Wildman–Crippen MR) is 58.0 cm³/mol. The zero-order chi connectivity index (χ0) is 9.97. The van der Waals surface area contributed by atoms with Crippen LogP contribution in [0, 0.1) is 0 Å². The molecule has 1 heterocycles. The fourth-order valence-corrected chi connectivity index (χ4v) is 2.02. The zero-order valence-electron chi connectivity index (χ0n) is 7.73. The molecule has 0 spiro atoms. The molecule has 1 aromatic carbocycles. The largest absolute Gasteiger partial charge is 0.507 e. The molecule has 72 valence electrons. The van der Waals surface area contributed by atoms with Gasteiger partial charge in [-0.25, -0.2) is 0 Å². The molecular weight excluding hydrogens is 196 g/mol. The Kier molecular flexibility index (Phi) is 2.41. The van der Waals surface area contributed by atoms with Crippen molar-refractivity contribution >= 4 is 11.3 Å². The summed E-state index contributed by atoms with van der Waals surface area (Å²) in [6.07, 6.45) is 0. The summed E-state index contributed by atoms with van der Waals surface area (Å²) in [7, 11) is 1.62. The van der Waals surface area contributed by atoms with Gasteiger partial charge in [0.05, 0.1) is 7.11 Å². The van der Waals surface area contributed by atoms with Crippen molar-refractivity contribution in [3.63, 3.8) is 0 Å². The van der Waals surface area contributed by atoms with Crippen LogP contribution in [0.3, 0.4) is 0 Å². The van der Waals surface area contributed by atoms with Crippen molar-refractivity contribution in [2.24, 2.45) is 0 Å². The van der Waals surface area contributed by atoms with E-state index in [1.807, 2.05) is 23.6 Å². The molecule has 0 fully saturated rings. The van der Waals surface area contributed by atoms with Crippen LogP contribution in [-0.2, 0) is 0 Å². The molecule has 14 heavy (non-hydrogen) atoms. The van der Waals surface area contributed by atoms with E-state index in [-0.39, 0.29) is 5.75 Å². The summed E-state index contributed by atoms with van der Waals surface area (Å²) in [5.41, 5.74) is 0.819. The first-order chi connectivity index (χ1) is 6.81. The Bertz CT molecular complexity index is 421. The molecule has 0 aliphatic carbocycles. The number of phenolic OH excluding ortho intramolecular Hbond substituents is 1. The molecule has 2 nitrogen and oxygen atoms in total. The third kappa shape index (κ3) is 1.59. The molecule has 0 amide bonds. The highest BCUT2D eigenvalue weighted by atomic mass is 32.1. The van der Waals surface area contributed by atoms with E-state index >= 15 is 0 Å². The summed E-state index contributed by atoms with van der Waals surface area (Å²) in [6, 6.07) is 9.15. The molecule has 0 radical (unpaired) electrons. The Labute approximate surface area is 86.4 Å². The fraction of sp³-hybridized carbons (Fsp3) is 0.0909. The van der Waals surface area contributed by atoms with E-state index in [1.165, 1.54) is 0 Å². The molecule has 2 aromatic rings. The Morgan fingerprint density at radius 2 is 2.14 bits per heavy atom. The van der Waals surface area contributed by atoms with Gasteiger partial charge in [0.1, 0.15) is 11.5 Å². The molecule has 0 atom stereocenters. The molecule has 2 rings (SSSR count). The van der Waals surface area contributed by atoms with Gasteiger partial charge in [0.2, 0.25) is 0 Å². The molecule has 0 aliphatic rings.